The summed E-state index contributed by atoms with van der Waals surface area (Å²) in [6, 6.07) is 20.5. The van der Waals surface area contributed by atoms with Crippen molar-refractivity contribution in [3.8, 4) is 0 Å². The number of carbonyl (C=O) groups excluding carboxylic acids is 2. The van der Waals surface area contributed by atoms with Gasteiger partial charge in [-0.15, -0.1) is 0 Å². The first-order valence-electron chi connectivity index (χ1n) is 11.2. The minimum Gasteiger partial charge on any atom is -0.353 e. The molecule has 2 aromatic rings. The van der Waals surface area contributed by atoms with Crippen LogP contribution in [0.15, 0.2) is 60.7 Å². The second-order valence-corrected chi connectivity index (χ2v) is 8.62. The first-order chi connectivity index (χ1) is 15.1. The van der Waals surface area contributed by atoms with E-state index >= 15 is 0 Å². The molecule has 6 heteroatoms. The summed E-state index contributed by atoms with van der Waals surface area (Å²) in [6.45, 7) is 2.84. The van der Waals surface area contributed by atoms with E-state index in [0.717, 1.165) is 31.5 Å². The molecular formula is C25H32N4O2. The van der Waals surface area contributed by atoms with Crippen LogP contribution in [0.4, 0.5) is 0 Å². The zero-order valence-corrected chi connectivity index (χ0v) is 18.2. The van der Waals surface area contributed by atoms with E-state index in [4.69, 9.17) is 0 Å². The highest BCUT2D eigenvalue weighted by Crippen LogP contribution is 2.28. The topological polar surface area (TPSA) is 64.7 Å². The molecular weight excluding hydrogens is 388 g/mol. The van der Waals surface area contributed by atoms with Crippen LogP contribution in [-0.2, 0) is 22.7 Å². The van der Waals surface area contributed by atoms with Crippen LogP contribution in [0.3, 0.4) is 0 Å². The van der Waals surface area contributed by atoms with Gasteiger partial charge < -0.3 is 10.6 Å². The molecule has 2 aliphatic heterocycles. The van der Waals surface area contributed by atoms with Gasteiger partial charge in [0.15, 0.2) is 0 Å². The Bertz CT molecular complexity index is 874. The van der Waals surface area contributed by atoms with Gasteiger partial charge in [-0.25, -0.2) is 0 Å². The number of likely N-dealkylation sites (tertiary alicyclic amines) is 1. The van der Waals surface area contributed by atoms with E-state index in [1.54, 1.807) is 0 Å². The van der Waals surface area contributed by atoms with Crippen LogP contribution in [-0.4, -0.2) is 59.9 Å². The number of fused-ring (bicyclic) bond motifs is 1. The number of hydrogen-bond acceptors (Lipinski definition) is 4. The first kappa shape index (κ1) is 21.5. The number of amides is 2. The summed E-state index contributed by atoms with van der Waals surface area (Å²) in [6.07, 6.45) is 2.17. The van der Waals surface area contributed by atoms with Gasteiger partial charge in [-0.05, 0) is 31.0 Å². The number of nitrogens with zero attached hydrogens (tertiary/aromatic N) is 2. The van der Waals surface area contributed by atoms with E-state index in [9.17, 15) is 9.59 Å². The van der Waals surface area contributed by atoms with Crippen molar-refractivity contribution in [3.05, 3.63) is 71.8 Å². The van der Waals surface area contributed by atoms with Crippen molar-refractivity contribution in [2.24, 2.45) is 0 Å². The van der Waals surface area contributed by atoms with Gasteiger partial charge in [0.05, 0.1) is 0 Å². The quantitative estimate of drug-likeness (QED) is 0.721. The Kier molecular flexibility index (Phi) is 6.99. The molecule has 0 bridgehead atoms. The van der Waals surface area contributed by atoms with Gasteiger partial charge >= 0.3 is 0 Å². The molecule has 2 fully saturated rings. The molecule has 2 saturated heterocycles. The number of hydrogen-bond donors (Lipinski definition) is 2. The molecule has 2 aromatic carbocycles. The fourth-order valence-electron chi connectivity index (χ4n) is 4.83. The fourth-order valence-corrected chi connectivity index (χ4v) is 4.83. The summed E-state index contributed by atoms with van der Waals surface area (Å²) in [4.78, 5) is 29.9. The normalized spacial score (nSPS) is 24.3. The third kappa shape index (κ3) is 5.32. The Labute approximate surface area is 184 Å². The van der Waals surface area contributed by atoms with Gasteiger partial charge in [0, 0.05) is 44.7 Å². The Hall–Kier alpha value is -2.70. The minimum absolute atomic E-state index is 0.0569. The van der Waals surface area contributed by atoms with Crippen LogP contribution in [0.1, 0.15) is 30.4 Å². The number of nitrogens with one attached hydrogen (secondary N) is 2. The van der Waals surface area contributed by atoms with Gasteiger partial charge in [0.25, 0.3) is 0 Å². The van der Waals surface area contributed by atoms with Crippen molar-refractivity contribution in [2.45, 2.75) is 50.5 Å². The number of likely N-dealkylation sites (N-methyl/N-ethyl adjacent to an activating group) is 1. The lowest BCUT2D eigenvalue weighted by atomic mass is 10.0. The minimum atomic E-state index is -0.137. The van der Waals surface area contributed by atoms with Crippen molar-refractivity contribution in [1.82, 2.24) is 20.4 Å². The third-order valence-electron chi connectivity index (χ3n) is 6.62. The number of rotatable bonds is 7. The Balaban J connectivity index is 1.32. The van der Waals surface area contributed by atoms with Crippen molar-refractivity contribution in [3.63, 3.8) is 0 Å². The van der Waals surface area contributed by atoms with E-state index in [0.29, 0.717) is 19.5 Å². The second-order valence-electron chi connectivity index (χ2n) is 8.62. The average Bonchev–Trinajstić information content (AvgIpc) is 3.17. The second kappa shape index (κ2) is 10.1. The molecule has 0 aliphatic carbocycles. The SMILES string of the molecule is CN1C(CCC(=O)NCc2ccccc2)CNC(=O)C2C1CCN2Cc1ccccc1. The van der Waals surface area contributed by atoms with E-state index in [2.05, 4.69) is 39.6 Å². The zero-order chi connectivity index (χ0) is 21.6. The van der Waals surface area contributed by atoms with Gasteiger partial charge in [-0.2, -0.15) is 0 Å². The van der Waals surface area contributed by atoms with E-state index in [1.807, 2.05) is 48.5 Å². The smallest absolute Gasteiger partial charge is 0.239 e. The third-order valence-corrected chi connectivity index (χ3v) is 6.62. The summed E-state index contributed by atoms with van der Waals surface area (Å²) in [5, 5.41) is 6.15. The number of carbonyl (C=O) groups is 2. The predicted octanol–water partition coefficient (Wildman–Crippen LogP) is 2.16. The molecule has 2 heterocycles. The van der Waals surface area contributed by atoms with Crippen LogP contribution >= 0.6 is 0 Å². The Morgan fingerprint density at radius 1 is 1.06 bits per heavy atom. The van der Waals surface area contributed by atoms with Crippen LogP contribution in [0.25, 0.3) is 0 Å². The van der Waals surface area contributed by atoms with Crippen molar-refractivity contribution in [1.29, 1.82) is 0 Å². The predicted molar refractivity (Wildman–Crippen MR) is 121 cm³/mol. The lowest BCUT2D eigenvalue weighted by Crippen LogP contribution is -2.49. The highest BCUT2D eigenvalue weighted by atomic mass is 16.2. The van der Waals surface area contributed by atoms with Gasteiger partial charge in [0.2, 0.25) is 11.8 Å². The van der Waals surface area contributed by atoms with Gasteiger partial charge in [-0.1, -0.05) is 60.7 Å². The molecule has 2 N–H and O–H groups in total. The summed E-state index contributed by atoms with van der Waals surface area (Å²) in [7, 11) is 2.11. The summed E-state index contributed by atoms with van der Waals surface area (Å²) < 4.78 is 0. The molecule has 3 unspecified atom stereocenters. The van der Waals surface area contributed by atoms with Gasteiger partial charge in [-0.3, -0.25) is 19.4 Å². The standard InChI is InChI=1S/C25H32N4O2/c1-28-21(12-13-23(30)26-16-19-8-4-2-5-9-19)17-27-25(31)24-22(28)14-15-29(24)18-20-10-6-3-7-11-20/h2-11,21-22,24H,12-18H2,1H3,(H,26,30)(H,27,31). The molecule has 164 valence electrons. The van der Waals surface area contributed by atoms with Crippen LogP contribution in [0.5, 0.6) is 0 Å². The largest absolute Gasteiger partial charge is 0.353 e. The monoisotopic (exact) mass is 420 g/mol. The molecule has 4 rings (SSSR count). The van der Waals surface area contributed by atoms with E-state index in [1.165, 1.54) is 5.56 Å². The van der Waals surface area contributed by atoms with E-state index in [-0.39, 0.29) is 29.9 Å². The van der Waals surface area contributed by atoms with Crippen molar-refractivity contribution >= 4 is 11.8 Å². The highest BCUT2D eigenvalue weighted by molar-refractivity contribution is 5.83. The van der Waals surface area contributed by atoms with Crippen molar-refractivity contribution in [2.75, 3.05) is 20.1 Å². The molecule has 31 heavy (non-hydrogen) atoms. The summed E-state index contributed by atoms with van der Waals surface area (Å²) in [5.74, 6) is 0.169. The maximum Gasteiger partial charge on any atom is 0.239 e. The first-order valence-corrected chi connectivity index (χ1v) is 11.2. The molecule has 3 atom stereocenters. The van der Waals surface area contributed by atoms with E-state index < -0.39 is 0 Å². The maximum atomic E-state index is 12.9. The lowest BCUT2D eigenvalue weighted by Gasteiger charge is -2.33. The Morgan fingerprint density at radius 3 is 2.45 bits per heavy atom. The molecule has 2 amide bonds. The van der Waals surface area contributed by atoms with Crippen LogP contribution in [0, 0.1) is 0 Å². The van der Waals surface area contributed by atoms with Crippen molar-refractivity contribution < 1.29 is 9.59 Å². The average molecular weight is 421 g/mol. The Morgan fingerprint density at radius 2 is 1.74 bits per heavy atom. The molecule has 0 aromatic heterocycles. The molecule has 2 aliphatic rings. The molecule has 0 spiro atoms. The van der Waals surface area contributed by atoms with Crippen LogP contribution in [0.2, 0.25) is 0 Å². The summed E-state index contributed by atoms with van der Waals surface area (Å²) in [5.41, 5.74) is 2.33. The zero-order valence-electron chi connectivity index (χ0n) is 18.2. The maximum absolute atomic E-state index is 12.9. The fraction of sp³-hybridized carbons (Fsp3) is 0.440. The highest BCUT2D eigenvalue weighted by Gasteiger charge is 2.44. The van der Waals surface area contributed by atoms with Gasteiger partial charge in [0.1, 0.15) is 6.04 Å². The molecule has 6 nitrogen and oxygen atoms in total. The molecule has 0 radical (unpaired) electrons. The number of benzene rings is 2. The van der Waals surface area contributed by atoms with Crippen LogP contribution < -0.4 is 10.6 Å². The lowest BCUT2D eigenvalue weighted by molar-refractivity contribution is -0.126. The summed E-state index contributed by atoms with van der Waals surface area (Å²) >= 11 is 0. The molecule has 0 saturated carbocycles.